The van der Waals surface area contributed by atoms with Crippen molar-refractivity contribution < 1.29 is 37.3 Å². The molecule has 266 valence electrons. The Hall–Kier alpha value is -3.19. The smallest absolute Gasteiger partial charge is 0.258 e. The van der Waals surface area contributed by atoms with E-state index in [-0.39, 0.29) is 54.3 Å². The van der Waals surface area contributed by atoms with E-state index in [9.17, 15) is 23.1 Å². The zero-order chi connectivity index (χ0) is 34.8. The second kappa shape index (κ2) is 17.5. The highest BCUT2D eigenvalue weighted by Gasteiger charge is 2.33. The van der Waals surface area contributed by atoms with Crippen molar-refractivity contribution >= 4 is 27.5 Å². The Morgan fingerprint density at radius 3 is 2.42 bits per heavy atom. The zero-order valence-electron chi connectivity index (χ0n) is 29.0. The predicted molar refractivity (Wildman–Crippen MR) is 185 cm³/mol. The molecule has 12 heteroatoms. The third-order valence-corrected chi connectivity index (χ3v) is 11.3. The van der Waals surface area contributed by atoms with Crippen molar-refractivity contribution in [3.63, 3.8) is 0 Å². The number of fused-ring (bicyclic) bond motifs is 1. The number of carbonyl (C=O) groups is 2. The van der Waals surface area contributed by atoms with E-state index >= 15 is 0 Å². The van der Waals surface area contributed by atoms with Gasteiger partial charge in [0.1, 0.15) is 11.5 Å². The molecule has 1 aliphatic heterocycles. The lowest BCUT2D eigenvalue weighted by atomic mass is 9.88. The van der Waals surface area contributed by atoms with Crippen LogP contribution < -0.4 is 14.8 Å². The summed E-state index contributed by atoms with van der Waals surface area (Å²) in [5, 5.41) is 13.3. The molecule has 2 aliphatic rings. The molecule has 4 rings (SSSR count). The monoisotopic (exact) mass is 687 g/mol. The Morgan fingerprint density at radius 1 is 1.06 bits per heavy atom. The molecule has 2 aromatic carbocycles. The third kappa shape index (κ3) is 9.71. The standard InChI is InChI=1S/C36H53N3O8S/c1-25-22-39(26(2)24-40)36(42)32-21-29(37-35(41)28-12-7-6-8-13-28)14-19-33(32)47-27(3)11-9-10-20-46-34(25)23-38(4)48(43,44)31-17-15-30(45-5)16-18-31/h14-19,21,25-28,34,40H,6-13,20,22-24H2,1-5H3,(H,37,41)/t25-,26+,27+,34+/m0/s1. The van der Waals surface area contributed by atoms with Crippen LogP contribution in [0.4, 0.5) is 5.69 Å². The fourth-order valence-electron chi connectivity index (χ4n) is 6.35. The van der Waals surface area contributed by atoms with Gasteiger partial charge in [-0.25, -0.2) is 8.42 Å². The Kier molecular flexibility index (Phi) is 13.7. The van der Waals surface area contributed by atoms with Crippen LogP contribution in [0.3, 0.4) is 0 Å². The maximum atomic E-state index is 14.4. The summed E-state index contributed by atoms with van der Waals surface area (Å²) in [5.74, 6) is 0.227. The first-order valence-corrected chi connectivity index (χ1v) is 18.6. The molecule has 2 amide bonds. The minimum absolute atomic E-state index is 0.0415. The highest BCUT2D eigenvalue weighted by molar-refractivity contribution is 7.89. The van der Waals surface area contributed by atoms with Crippen molar-refractivity contribution in [2.75, 3.05) is 45.8 Å². The maximum Gasteiger partial charge on any atom is 0.258 e. The average molecular weight is 688 g/mol. The second-order valence-corrected chi connectivity index (χ2v) is 15.3. The van der Waals surface area contributed by atoms with Crippen molar-refractivity contribution in [2.24, 2.45) is 11.8 Å². The summed E-state index contributed by atoms with van der Waals surface area (Å²) >= 11 is 0. The number of benzene rings is 2. The molecule has 0 saturated heterocycles. The van der Waals surface area contributed by atoms with Crippen molar-refractivity contribution in [2.45, 2.75) is 95.3 Å². The number of sulfonamides is 1. The summed E-state index contributed by atoms with van der Waals surface area (Å²) in [6.07, 6.45) is 6.48. The number of hydrogen-bond donors (Lipinski definition) is 2. The highest BCUT2D eigenvalue weighted by atomic mass is 32.2. The summed E-state index contributed by atoms with van der Waals surface area (Å²) in [7, 11) is -0.788. The van der Waals surface area contributed by atoms with Gasteiger partial charge in [0.15, 0.2) is 0 Å². The van der Waals surface area contributed by atoms with Crippen LogP contribution in [0.25, 0.3) is 0 Å². The number of rotatable bonds is 9. The number of aliphatic hydroxyl groups excluding tert-OH is 1. The number of nitrogens with one attached hydrogen (secondary N) is 1. The minimum Gasteiger partial charge on any atom is -0.497 e. The molecular weight excluding hydrogens is 634 g/mol. The number of methoxy groups -OCH3 is 1. The number of ether oxygens (including phenoxy) is 3. The van der Waals surface area contributed by atoms with Gasteiger partial charge in [0.2, 0.25) is 15.9 Å². The van der Waals surface area contributed by atoms with Gasteiger partial charge in [-0.3, -0.25) is 9.59 Å². The van der Waals surface area contributed by atoms with Gasteiger partial charge in [-0.1, -0.05) is 26.2 Å². The van der Waals surface area contributed by atoms with Crippen LogP contribution >= 0.6 is 0 Å². The fourth-order valence-corrected chi connectivity index (χ4v) is 7.53. The van der Waals surface area contributed by atoms with E-state index in [0.717, 1.165) is 51.4 Å². The number of nitrogens with zero attached hydrogens (tertiary/aromatic N) is 2. The Bertz CT molecular complexity index is 1460. The quantitative estimate of drug-likeness (QED) is 0.362. The number of amides is 2. The Labute approximate surface area is 286 Å². The molecule has 1 heterocycles. The normalized spacial score (nSPS) is 22.7. The van der Waals surface area contributed by atoms with Crippen LogP contribution in [0.2, 0.25) is 0 Å². The van der Waals surface area contributed by atoms with E-state index in [1.54, 1.807) is 42.2 Å². The lowest BCUT2D eigenvalue weighted by Crippen LogP contribution is -2.48. The van der Waals surface area contributed by atoms with E-state index in [2.05, 4.69) is 5.32 Å². The lowest BCUT2D eigenvalue weighted by Gasteiger charge is -2.35. The molecule has 0 bridgehead atoms. The average Bonchev–Trinajstić information content (AvgIpc) is 3.09. The van der Waals surface area contributed by atoms with Gasteiger partial charge in [-0.05, 0) is 88.4 Å². The van der Waals surface area contributed by atoms with Gasteiger partial charge in [0.05, 0.1) is 42.4 Å². The molecule has 0 aromatic heterocycles. The Balaban J connectivity index is 1.62. The number of anilines is 1. The van der Waals surface area contributed by atoms with Gasteiger partial charge < -0.3 is 29.5 Å². The molecular formula is C36H53N3O8S. The summed E-state index contributed by atoms with van der Waals surface area (Å²) in [5.41, 5.74) is 0.816. The lowest BCUT2D eigenvalue weighted by molar-refractivity contribution is -0.120. The van der Waals surface area contributed by atoms with Crippen LogP contribution in [0.15, 0.2) is 47.4 Å². The molecule has 4 atom stereocenters. The first kappa shape index (κ1) is 37.6. The summed E-state index contributed by atoms with van der Waals surface area (Å²) in [6.45, 7) is 6.05. The molecule has 0 radical (unpaired) electrons. The largest absolute Gasteiger partial charge is 0.497 e. The number of carbonyl (C=O) groups excluding carboxylic acids is 2. The number of hydrogen-bond acceptors (Lipinski definition) is 8. The van der Waals surface area contributed by atoms with E-state index < -0.39 is 22.2 Å². The van der Waals surface area contributed by atoms with Gasteiger partial charge in [0, 0.05) is 44.3 Å². The van der Waals surface area contributed by atoms with Gasteiger partial charge in [-0.2, -0.15) is 4.31 Å². The molecule has 2 aromatic rings. The van der Waals surface area contributed by atoms with Crippen LogP contribution in [-0.4, -0.2) is 93.3 Å². The van der Waals surface area contributed by atoms with Crippen molar-refractivity contribution in [3.05, 3.63) is 48.0 Å². The van der Waals surface area contributed by atoms with Gasteiger partial charge >= 0.3 is 0 Å². The van der Waals surface area contributed by atoms with Crippen molar-refractivity contribution in [3.8, 4) is 11.5 Å². The molecule has 1 aliphatic carbocycles. The summed E-state index contributed by atoms with van der Waals surface area (Å²) in [6, 6.07) is 10.9. The zero-order valence-corrected chi connectivity index (χ0v) is 29.8. The number of likely N-dealkylation sites (N-methyl/N-ethyl adjacent to an activating group) is 1. The fraction of sp³-hybridized carbons (Fsp3) is 0.611. The van der Waals surface area contributed by atoms with Gasteiger partial charge in [-0.15, -0.1) is 0 Å². The molecule has 1 saturated carbocycles. The summed E-state index contributed by atoms with van der Waals surface area (Å²) in [4.78, 5) is 29.2. The first-order chi connectivity index (χ1) is 22.9. The first-order valence-electron chi connectivity index (χ1n) is 17.2. The second-order valence-electron chi connectivity index (χ2n) is 13.3. The van der Waals surface area contributed by atoms with Crippen LogP contribution in [-0.2, 0) is 19.6 Å². The molecule has 11 nitrogen and oxygen atoms in total. The summed E-state index contributed by atoms with van der Waals surface area (Å²) < 4.78 is 46.1. The topological polar surface area (TPSA) is 135 Å². The number of aliphatic hydroxyl groups is 1. The maximum absolute atomic E-state index is 14.4. The van der Waals surface area contributed by atoms with Crippen LogP contribution in [0.5, 0.6) is 11.5 Å². The molecule has 2 N–H and O–H groups in total. The Morgan fingerprint density at radius 2 is 1.75 bits per heavy atom. The van der Waals surface area contributed by atoms with E-state index in [1.165, 1.54) is 30.6 Å². The van der Waals surface area contributed by atoms with E-state index in [1.807, 2.05) is 13.8 Å². The van der Waals surface area contributed by atoms with Gasteiger partial charge in [0.25, 0.3) is 5.91 Å². The molecule has 0 spiro atoms. The molecule has 48 heavy (non-hydrogen) atoms. The minimum atomic E-state index is -3.84. The van der Waals surface area contributed by atoms with E-state index in [4.69, 9.17) is 14.2 Å². The van der Waals surface area contributed by atoms with Crippen molar-refractivity contribution in [1.29, 1.82) is 0 Å². The van der Waals surface area contributed by atoms with Crippen LogP contribution in [0.1, 0.15) is 82.5 Å². The van der Waals surface area contributed by atoms with Crippen molar-refractivity contribution in [1.82, 2.24) is 9.21 Å². The third-order valence-electron chi connectivity index (χ3n) is 9.50. The van der Waals surface area contributed by atoms with Crippen LogP contribution in [0, 0.1) is 11.8 Å². The molecule has 0 unspecified atom stereocenters. The van der Waals surface area contributed by atoms with E-state index in [0.29, 0.717) is 29.4 Å². The molecule has 1 fully saturated rings. The predicted octanol–water partition coefficient (Wildman–Crippen LogP) is 5.33. The SMILES string of the molecule is COc1ccc(S(=O)(=O)N(C)C[C@H]2OCCCC[C@@H](C)Oc3ccc(NC(=O)C4CCCCC4)cc3C(=O)N([C@H](C)CO)C[C@@H]2C)cc1. The highest BCUT2D eigenvalue weighted by Crippen LogP contribution is 2.30.